The van der Waals surface area contributed by atoms with Gasteiger partial charge in [-0.2, -0.15) is 0 Å². The highest BCUT2D eigenvalue weighted by Gasteiger charge is 2.11. The largest absolute Gasteiger partial charge is 0.326 e. The van der Waals surface area contributed by atoms with Crippen LogP contribution in [0.4, 0.5) is 5.69 Å². The lowest BCUT2D eigenvalue weighted by Crippen LogP contribution is -2.11. The average molecular weight is 268 g/mol. The number of amides is 1. The van der Waals surface area contributed by atoms with E-state index in [-0.39, 0.29) is 5.91 Å². The fraction of sp³-hybridized carbons (Fsp3) is 0.417. The van der Waals surface area contributed by atoms with E-state index in [1.807, 2.05) is 6.07 Å². The van der Waals surface area contributed by atoms with E-state index < -0.39 is 0 Å². The number of benzene rings is 1. The highest BCUT2D eigenvalue weighted by atomic mass is 79.9. The van der Waals surface area contributed by atoms with E-state index in [2.05, 4.69) is 33.4 Å². The summed E-state index contributed by atoms with van der Waals surface area (Å²) in [6.45, 7) is 0. The molecule has 1 amide bonds. The summed E-state index contributed by atoms with van der Waals surface area (Å²) in [4.78, 5) is 11.4. The Hall–Kier alpha value is -0.830. The van der Waals surface area contributed by atoms with Gasteiger partial charge in [0, 0.05) is 17.4 Å². The molecular formula is C12H14BrNO. The lowest BCUT2D eigenvalue weighted by Gasteiger charge is -2.06. The van der Waals surface area contributed by atoms with Crippen LogP contribution in [0.25, 0.3) is 0 Å². The van der Waals surface area contributed by atoms with Gasteiger partial charge in [-0.1, -0.05) is 22.0 Å². The molecule has 2 rings (SSSR count). The third kappa shape index (κ3) is 2.59. The molecule has 0 saturated carbocycles. The monoisotopic (exact) mass is 267 g/mol. The molecule has 15 heavy (non-hydrogen) atoms. The molecule has 0 aliphatic heterocycles. The lowest BCUT2D eigenvalue weighted by molar-refractivity contribution is -0.115. The Balaban J connectivity index is 2.06. The molecule has 80 valence electrons. The van der Waals surface area contributed by atoms with Gasteiger partial charge < -0.3 is 5.32 Å². The molecule has 0 unspecified atom stereocenters. The first-order valence-electron chi connectivity index (χ1n) is 5.27. The third-order valence-corrected chi connectivity index (χ3v) is 3.10. The van der Waals surface area contributed by atoms with Crippen LogP contribution in [0.15, 0.2) is 18.2 Å². The molecule has 0 fully saturated rings. The van der Waals surface area contributed by atoms with E-state index in [0.29, 0.717) is 11.8 Å². The molecule has 1 N–H and O–H groups in total. The normalized spacial score (nSPS) is 13.7. The summed E-state index contributed by atoms with van der Waals surface area (Å²) < 4.78 is 0. The van der Waals surface area contributed by atoms with Crippen molar-refractivity contribution in [3.8, 4) is 0 Å². The van der Waals surface area contributed by atoms with Gasteiger partial charge in [0.15, 0.2) is 0 Å². The molecule has 3 heteroatoms. The third-order valence-electron chi connectivity index (χ3n) is 2.70. The first-order valence-corrected chi connectivity index (χ1v) is 6.39. The van der Waals surface area contributed by atoms with E-state index in [0.717, 1.165) is 12.1 Å². The Morgan fingerprint density at radius 1 is 1.33 bits per heavy atom. The minimum atomic E-state index is 0.0739. The van der Waals surface area contributed by atoms with Crippen molar-refractivity contribution in [3.63, 3.8) is 0 Å². The van der Waals surface area contributed by atoms with Crippen molar-refractivity contribution in [1.29, 1.82) is 0 Å². The number of nitrogens with one attached hydrogen (secondary N) is 1. The summed E-state index contributed by atoms with van der Waals surface area (Å²) in [7, 11) is 0. The standard InChI is InChI=1S/C12H14BrNO/c13-7-6-12(15)14-11-5-4-9-2-1-3-10(9)8-11/h4-5,8H,1-3,6-7H2,(H,14,15). The van der Waals surface area contributed by atoms with Crippen molar-refractivity contribution in [2.75, 3.05) is 10.6 Å². The molecule has 1 aromatic carbocycles. The quantitative estimate of drug-likeness (QED) is 0.839. The molecule has 0 saturated heterocycles. The van der Waals surface area contributed by atoms with Crippen molar-refractivity contribution in [2.45, 2.75) is 25.7 Å². The fourth-order valence-electron chi connectivity index (χ4n) is 1.96. The molecular weight excluding hydrogens is 254 g/mol. The van der Waals surface area contributed by atoms with E-state index in [4.69, 9.17) is 0 Å². The number of fused-ring (bicyclic) bond motifs is 1. The highest BCUT2D eigenvalue weighted by Crippen LogP contribution is 2.24. The zero-order valence-corrected chi connectivity index (χ0v) is 10.1. The molecule has 0 atom stereocenters. The van der Waals surface area contributed by atoms with Crippen LogP contribution in [0, 0.1) is 0 Å². The SMILES string of the molecule is O=C(CCBr)Nc1ccc2c(c1)CCC2. The molecule has 0 heterocycles. The maximum atomic E-state index is 11.4. The molecule has 0 radical (unpaired) electrons. The first kappa shape index (κ1) is 10.7. The van der Waals surface area contributed by atoms with Gasteiger partial charge in [0.25, 0.3) is 0 Å². The van der Waals surface area contributed by atoms with Gasteiger partial charge in [-0.15, -0.1) is 0 Å². The van der Waals surface area contributed by atoms with Gasteiger partial charge in [0.2, 0.25) is 5.91 Å². The Morgan fingerprint density at radius 3 is 2.93 bits per heavy atom. The molecule has 0 bridgehead atoms. The second kappa shape index (κ2) is 4.79. The zero-order valence-electron chi connectivity index (χ0n) is 8.55. The lowest BCUT2D eigenvalue weighted by atomic mass is 10.1. The van der Waals surface area contributed by atoms with Crippen molar-refractivity contribution < 1.29 is 4.79 Å². The molecule has 1 aromatic rings. The molecule has 2 nitrogen and oxygen atoms in total. The van der Waals surface area contributed by atoms with Crippen LogP contribution in [0.2, 0.25) is 0 Å². The van der Waals surface area contributed by atoms with Crippen LogP contribution in [0.3, 0.4) is 0 Å². The fourth-order valence-corrected chi connectivity index (χ4v) is 2.32. The van der Waals surface area contributed by atoms with E-state index in [1.54, 1.807) is 0 Å². The van der Waals surface area contributed by atoms with Crippen LogP contribution in [0.5, 0.6) is 0 Å². The Kier molecular flexibility index (Phi) is 3.41. The number of alkyl halides is 1. The number of anilines is 1. The van der Waals surface area contributed by atoms with Crippen LogP contribution < -0.4 is 5.32 Å². The minimum absolute atomic E-state index is 0.0739. The second-order valence-corrected chi connectivity index (χ2v) is 4.62. The molecule has 0 spiro atoms. The number of carbonyl (C=O) groups excluding carboxylic acids is 1. The van der Waals surface area contributed by atoms with Crippen molar-refractivity contribution in [3.05, 3.63) is 29.3 Å². The maximum Gasteiger partial charge on any atom is 0.225 e. The van der Waals surface area contributed by atoms with Gasteiger partial charge in [-0.25, -0.2) is 0 Å². The molecule has 1 aliphatic rings. The number of rotatable bonds is 3. The summed E-state index contributed by atoms with van der Waals surface area (Å²) in [5, 5.41) is 3.62. The number of aryl methyl sites for hydroxylation is 2. The van der Waals surface area contributed by atoms with Gasteiger partial charge >= 0.3 is 0 Å². The predicted octanol–water partition coefficient (Wildman–Crippen LogP) is 2.90. The maximum absolute atomic E-state index is 11.4. The zero-order chi connectivity index (χ0) is 10.7. The summed E-state index contributed by atoms with van der Waals surface area (Å²) in [6, 6.07) is 6.23. The van der Waals surface area contributed by atoms with Gasteiger partial charge in [0.1, 0.15) is 0 Å². The van der Waals surface area contributed by atoms with E-state index in [1.165, 1.54) is 24.0 Å². The molecule has 1 aliphatic carbocycles. The van der Waals surface area contributed by atoms with Crippen molar-refractivity contribution in [1.82, 2.24) is 0 Å². The summed E-state index contributed by atoms with van der Waals surface area (Å²) in [5.41, 5.74) is 3.77. The topological polar surface area (TPSA) is 29.1 Å². The van der Waals surface area contributed by atoms with E-state index >= 15 is 0 Å². The second-order valence-electron chi connectivity index (χ2n) is 3.82. The highest BCUT2D eigenvalue weighted by molar-refractivity contribution is 9.09. The number of hydrogen-bond donors (Lipinski definition) is 1. The average Bonchev–Trinajstić information content (AvgIpc) is 2.65. The summed E-state index contributed by atoms with van der Waals surface area (Å²) >= 11 is 3.25. The first-order chi connectivity index (χ1) is 7.29. The minimum Gasteiger partial charge on any atom is -0.326 e. The van der Waals surface area contributed by atoms with Crippen molar-refractivity contribution >= 4 is 27.5 Å². The van der Waals surface area contributed by atoms with Gasteiger partial charge in [-0.05, 0) is 42.5 Å². The van der Waals surface area contributed by atoms with Gasteiger partial charge in [0.05, 0.1) is 0 Å². The smallest absolute Gasteiger partial charge is 0.225 e. The van der Waals surface area contributed by atoms with E-state index in [9.17, 15) is 4.79 Å². The Morgan fingerprint density at radius 2 is 2.13 bits per heavy atom. The Bertz CT molecular complexity index is 376. The van der Waals surface area contributed by atoms with Crippen LogP contribution in [0.1, 0.15) is 24.0 Å². The van der Waals surface area contributed by atoms with Crippen LogP contribution in [-0.2, 0) is 17.6 Å². The number of hydrogen-bond acceptors (Lipinski definition) is 1. The number of halogens is 1. The Labute approximate surface area is 98.2 Å². The van der Waals surface area contributed by atoms with Gasteiger partial charge in [-0.3, -0.25) is 4.79 Å². The number of carbonyl (C=O) groups is 1. The van der Waals surface area contributed by atoms with Crippen molar-refractivity contribution in [2.24, 2.45) is 0 Å². The predicted molar refractivity (Wildman–Crippen MR) is 65.5 cm³/mol. The van der Waals surface area contributed by atoms with Crippen LogP contribution in [-0.4, -0.2) is 11.2 Å². The molecule has 0 aromatic heterocycles. The summed E-state index contributed by atoms with van der Waals surface area (Å²) in [5.74, 6) is 0.0739. The summed E-state index contributed by atoms with van der Waals surface area (Å²) in [6.07, 6.45) is 4.10. The van der Waals surface area contributed by atoms with Crippen LogP contribution >= 0.6 is 15.9 Å².